The summed E-state index contributed by atoms with van der Waals surface area (Å²) in [5.41, 5.74) is 3.62. The lowest BCUT2D eigenvalue weighted by Crippen LogP contribution is -2.18. The Morgan fingerprint density at radius 1 is 0.854 bits per heavy atom. The van der Waals surface area contributed by atoms with E-state index in [1.54, 1.807) is 42.5 Å². The number of hydrogen-bond acceptors (Lipinski definition) is 8. The Labute approximate surface area is 237 Å². The molecule has 0 unspecified atom stereocenters. The molecule has 0 aliphatic rings. The second-order valence-electron chi connectivity index (χ2n) is 9.24. The maximum atomic E-state index is 13.5. The van der Waals surface area contributed by atoms with E-state index in [4.69, 9.17) is 4.74 Å². The number of nitrogens with zero attached hydrogens (tertiary/aromatic N) is 2. The van der Waals surface area contributed by atoms with Crippen molar-refractivity contribution < 1.29 is 23.1 Å². The number of fused-ring (bicyclic) bond motifs is 1. The number of benzene rings is 4. The first-order valence-electron chi connectivity index (χ1n) is 12.6. The van der Waals surface area contributed by atoms with E-state index in [9.17, 15) is 18.3 Å². The Hall–Kier alpha value is -5.16. The highest BCUT2D eigenvalue weighted by Gasteiger charge is 2.20. The number of ether oxygens (including phenoxy) is 1. The molecular weight excluding hydrogens is 542 g/mol. The number of aromatic hydroxyl groups is 1. The summed E-state index contributed by atoms with van der Waals surface area (Å²) in [6, 6.07) is 25.1. The summed E-state index contributed by atoms with van der Waals surface area (Å²) in [6.07, 6.45) is 0.156. The minimum atomic E-state index is -4.16. The molecule has 0 aliphatic carbocycles. The molecule has 0 radical (unpaired) electrons. The summed E-state index contributed by atoms with van der Waals surface area (Å²) in [7, 11) is -2.69. The summed E-state index contributed by atoms with van der Waals surface area (Å²) >= 11 is 0. The van der Waals surface area contributed by atoms with Gasteiger partial charge in [-0.3, -0.25) is 9.52 Å². The van der Waals surface area contributed by atoms with Crippen LogP contribution in [-0.2, 0) is 21.2 Å². The third-order valence-electron chi connectivity index (χ3n) is 6.23. The van der Waals surface area contributed by atoms with Gasteiger partial charge in [-0.05, 0) is 48.4 Å². The number of aryl methyl sites for hydroxylation is 1. The van der Waals surface area contributed by atoms with Crippen LogP contribution in [0.4, 0.5) is 23.0 Å². The number of phenolic OH excluding ortho intramolecular Hbond substituents is 1. The van der Waals surface area contributed by atoms with Crippen LogP contribution < -0.4 is 20.1 Å². The van der Waals surface area contributed by atoms with Crippen molar-refractivity contribution in [3.63, 3.8) is 0 Å². The fourth-order valence-electron chi connectivity index (χ4n) is 4.18. The van der Waals surface area contributed by atoms with Crippen LogP contribution in [0.2, 0.25) is 0 Å². The molecule has 41 heavy (non-hydrogen) atoms. The Morgan fingerprint density at radius 3 is 2.29 bits per heavy atom. The Morgan fingerprint density at radius 2 is 1.56 bits per heavy atom. The lowest BCUT2D eigenvalue weighted by molar-refractivity contribution is -0.115. The van der Waals surface area contributed by atoms with E-state index >= 15 is 0 Å². The van der Waals surface area contributed by atoms with Crippen molar-refractivity contribution in [1.82, 2.24) is 9.97 Å². The van der Waals surface area contributed by atoms with Gasteiger partial charge in [0.05, 0.1) is 29.5 Å². The molecule has 1 aromatic heterocycles. The number of hydrogen-bond donors (Lipinski definition) is 4. The second-order valence-corrected chi connectivity index (χ2v) is 10.9. The average Bonchev–Trinajstić information content (AvgIpc) is 2.94. The molecule has 4 aromatic carbocycles. The van der Waals surface area contributed by atoms with Crippen LogP contribution in [0.25, 0.3) is 11.0 Å². The van der Waals surface area contributed by atoms with Crippen molar-refractivity contribution in [2.45, 2.75) is 18.2 Å². The van der Waals surface area contributed by atoms with Gasteiger partial charge in [0.25, 0.3) is 10.0 Å². The molecule has 0 atom stereocenters. The summed E-state index contributed by atoms with van der Waals surface area (Å²) in [5, 5.41) is 15.9. The largest absolute Gasteiger partial charge is 0.508 e. The smallest absolute Gasteiger partial charge is 0.263 e. The molecule has 0 saturated heterocycles. The zero-order valence-electron chi connectivity index (χ0n) is 22.3. The predicted molar refractivity (Wildman–Crippen MR) is 158 cm³/mol. The maximum absolute atomic E-state index is 13.5. The zero-order valence-corrected chi connectivity index (χ0v) is 23.1. The number of nitrogens with one attached hydrogen (secondary N) is 3. The number of anilines is 4. The van der Waals surface area contributed by atoms with Gasteiger partial charge in [-0.2, -0.15) is 0 Å². The number of carbonyl (C=O) groups is 1. The number of sulfonamides is 1. The molecule has 0 saturated carbocycles. The normalized spacial score (nSPS) is 11.2. The highest BCUT2D eigenvalue weighted by molar-refractivity contribution is 7.92. The summed E-state index contributed by atoms with van der Waals surface area (Å²) in [5.74, 6) is 0.131. The molecule has 208 valence electrons. The lowest BCUT2D eigenvalue weighted by atomic mass is 10.1. The van der Waals surface area contributed by atoms with Gasteiger partial charge in [0.2, 0.25) is 5.91 Å². The van der Waals surface area contributed by atoms with Crippen LogP contribution >= 0.6 is 0 Å². The van der Waals surface area contributed by atoms with E-state index in [1.165, 1.54) is 31.4 Å². The average molecular weight is 570 g/mol. The van der Waals surface area contributed by atoms with E-state index in [1.807, 2.05) is 31.2 Å². The van der Waals surface area contributed by atoms with E-state index in [0.717, 1.165) is 11.1 Å². The highest BCUT2D eigenvalue weighted by Crippen LogP contribution is 2.31. The van der Waals surface area contributed by atoms with Gasteiger partial charge in [0, 0.05) is 29.6 Å². The van der Waals surface area contributed by atoms with Crippen molar-refractivity contribution in [3.05, 3.63) is 102 Å². The number of aromatic nitrogens is 2. The van der Waals surface area contributed by atoms with E-state index in [2.05, 4.69) is 25.3 Å². The molecule has 0 aliphatic heterocycles. The minimum Gasteiger partial charge on any atom is -0.508 e. The first-order chi connectivity index (χ1) is 19.7. The molecular formula is C30H27N5O5S. The van der Waals surface area contributed by atoms with Crippen molar-refractivity contribution in [3.8, 4) is 11.5 Å². The Balaban J connectivity index is 1.43. The molecule has 0 spiro atoms. The molecule has 5 rings (SSSR count). The number of rotatable bonds is 9. The Kier molecular flexibility index (Phi) is 7.70. The van der Waals surface area contributed by atoms with Gasteiger partial charge in [-0.1, -0.05) is 42.5 Å². The van der Waals surface area contributed by atoms with Crippen LogP contribution in [0.3, 0.4) is 0 Å². The predicted octanol–water partition coefficient (Wildman–Crippen LogP) is 5.38. The molecule has 1 heterocycles. The lowest BCUT2D eigenvalue weighted by Gasteiger charge is -2.15. The quantitative estimate of drug-likeness (QED) is 0.185. The number of para-hydroxylation sites is 2. The van der Waals surface area contributed by atoms with Gasteiger partial charge in [0.15, 0.2) is 11.6 Å². The molecule has 5 aromatic rings. The number of amides is 1. The number of phenols is 1. The monoisotopic (exact) mass is 569 g/mol. The van der Waals surface area contributed by atoms with Crippen LogP contribution in [0.15, 0.2) is 95.9 Å². The minimum absolute atomic E-state index is 0.0518. The standard InChI is InChI=1S/C30H27N5O5S/c1-19-8-3-4-9-20(19)14-28(37)31-21-10-7-11-25(17-21)41(38,39)35-30-29(33-26-12-5-6-13-27(26)34-30)32-22-15-23(36)18-24(16-22)40-2/h3-13,15-18,36H,14H2,1-2H3,(H,31,37)(H,32,33)(H,34,35). The van der Waals surface area contributed by atoms with Gasteiger partial charge >= 0.3 is 0 Å². The number of carbonyl (C=O) groups excluding carboxylic acids is 1. The molecule has 1 amide bonds. The van der Waals surface area contributed by atoms with Crippen LogP contribution in [0.5, 0.6) is 11.5 Å². The first-order valence-corrected chi connectivity index (χ1v) is 14.1. The molecule has 10 nitrogen and oxygen atoms in total. The third kappa shape index (κ3) is 6.53. The maximum Gasteiger partial charge on any atom is 0.263 e. The summed E-state index contributed by atoms with van der Waals surface area (Å²) < 4.78 is 34.7. The topological polar surface area (TPSA) is 143 Å². The van der Waals surface area contributed by atoms with Crippen molar-refractivity contribution in [1.29, 1.82) is 0 Å². The summed E-state index contributed by atoms with van der Waals surface area (Å²) in [6.45, 7) is 1.93. The van der Waals surface area contributed by atoms with Gasteiger partial charge in [-0.15, -0.1) is 0 Å². The molecule has 11 heteroatoms. The molecule has 4 N–H and O–H groups in total. The SMILES string of the molecule is COc1cc(O)cc(Nc2nc3ccccc3nc2NS(=O)(=O)c2cccc(NC(=O)Cc3ccccc3C)c2)c1. The number of methoxy groups -OCH3 is 1. The van der Waals surface area contributed by atoms with E-state index in [0.29, 0.717) is 28.2 Å². The summed E-state index contributed by atoms with van der Waals surface area (Å²) in [4.78, 5) is 21.6. The molecule has 0 fully saturated rings. The Bertz CT molecular complexity index is 1860. The van der Waals surface area contributed by atoms with Gasteiger partial charge in [0.1, 0.15) is 11.5 Å². The van der Waals surface area contributed by atoms with Gasteiger partial charge < -0.3 is 20.5 Å². The molecule has 0 bridgehead atoms. The fraction of sp³-hybridized carbons (Fsp3) is 0.100. The van der Waals surface area contributed by atoms with E-state index in [-0.39, 0.29) is 34.6 Å². The van der Waals surface area contributed by atoms with Crippen molar-refractivity contribution >= 4 is 50.0 Å². The fourth-order valence-corrected chi connectivity index (χ4v) is 5.24. The van der Waals surface area contributed by atoms with Crippen molar-refractivity contribution in [2.24, 2.45) is 0 Å². The van der Waals surface area contributed by atoms with E-state index < -0.39 is 10.0 Å². The zero-order chi connectivity index (χ0) is 29.0. The van der Waals surface area contributed by atoms with Crippen LogP contribution in [-0.4, -0.2) is 36.5 Å². The second kappa shape index (κ2) is 11.5. The van der Waals surface area contributed by atoms with Crippen LogP contribution in [0, 0.1) is 6.92 Å². The highest BCUT2D eigenvalue weighted by atomic mass is 32.2. The first kappa shape index (κ1) is 27.4. The van der Waals surface area contributed by atoms with Gasteiger partial charge in [-0.25, -0.2) is 18.4 Å². The van der Waals surface area contributed by atoms with Crippen molar-refractivity contribution in [2.75, 3.05) is 22.5 Å². The van der Waals surface area contributed by atoms with Crippen LogP contribution in [0.1, 0.15) is 11.1 Å². The third-order valence-corrected chi connectivity index (χ3v) is 7.57.